The fourth-order valence-electron chi connectivity index (χ4n) is 3.11. The van der Waals surface area contributed by atoms with Crippen LogP contribution in [0.5, 0.6) is 0 Å². The van der Waals surface area contributed by atoms with Crippen LogP contribution < -0.4 is 16.4 Å². The highest BCUT2D eigenvalue weighted by molar-refractivity contribution is 6.32. The van der Waals surface area contributed by atoms with E-state index in [1.807, 2.05) is 0 Å². The number of carbonyl (C=O) groups excluding carboxylic acids is 2. The zero-order valence-corrected chi connectivity index (χ0v) is 14.9. The van der Waals surface area contributed by atoms with Crippen LogP contribution in [0.2, 0.25) is 0 Å². The minimum Gasteiger partial charge on any atom is -0.396 e. The van der Waals surface area contributed by atoms with Crippen LogP contribution >= 0.6 is 0 Å². The lowest BCUT2D eigenvalue weighted by atomic mass is 9.82. The van der Waals surface area contributed by atoms with Crippen molar-refractivity contribution in [1.82, 2.24) is 0 Å². The minimum absolute atomic E-state index is 0.0906. The molecular weight excluding hydrogens is 330 g/mol. The van der Waals surface area contributed by atoms with E-state index in [2.05, 4.69) is 24.5 Å². The summed E-state index contributed by atoms with van der Waals surface area (Å²) in [7, 11) is 0. The molecule has 0 radical (unpaired) electrons. The SMILES string of the molecule is CC(C)CNc1cc(NCCO)c2c(c1N)C(=O)c1ccccc1C2=O. The number of aliphatic hydroxyl groups excluding tert-OH is 1. The number of nitrogen functional groups attached to an aromatic ring is 1. The fourth-order valence-corrected chi connectivity index (χ4v) is 3.11. The summed E-state index contributed by atoms with van der Waals surface area (Å²) in [5.41, 5.74) is 8.92. The third kappa shape index (κ3) is 3.04. The molecule has 0 saturated carbocycles. The number of ketones is 2. The van der Waals surface area contributed by atoms with E-state index in [4.69, 9.17) is 10.8 Å². The van der Waals surface area contributed by atoms with Gasteiger partial charge in [-0.2, -0.15) is 0 Å². The van der Waals surface area contributed by atoms with Crippen LogP contribution in [-0.2, 0) is 0 Å². The number of fused-ring (bicyclic) bond motifs is 2. The predicted molar refractivity (Wildman–Crippen MR) is 103 cm³/mol. The Labute approximate surface area is 152 Å². The number of carbonyl (C=O) groups is 2. The molecule has 1 aliphatic rings. The van der Waals surface area contributed by atoms with Gasteiger partial charge in [0, 0.05) is 29.9 Å². The van der Waals surface area contributed by atoms with E-state index in [1.165, 1.54) is 0 Å². The van der Waals surface area contributed by atoms with E-state index >= 15 is 0 Å². The van der Waals surface area contributed by atoms with Crippen molar-refractivity contribution < 1.29 is 14.7 Å². The Balaban J connectivity index is 2.19. The topological polar surface area (TPSA) is 104 Å². The number of nitrogens with two attached hydrogens (primary N) is 1. The third-order valence-electron chi connectivity index (χ3n) is 4.37. The maximum atomic E-state index is 13.1. The van der Waals surface area contributed by atoms with Crippen molar-refractivity contribution in [1.29, 1.82) is 0 Å². The Morgan fingerprint density at radius 2 is 1.62 bits per heavy atom. The summed E-state index contributed by atoms with van der Waals surface area (Å²) in [4.78, 5) is 26.1. The summed E-state index contributed by atoms with van der Waals surface area (Å²) in [6.45, 7) is 4.99. The van der Waals surface area contributed by atoms with Gasteiger partial charge < -0.3 is 21.5 Å². The Kier molecular flexibility index (Phi) is 4.95. The molecule has 0 amide bonds. The highest BCUT2D eigenvalue weighted by atomic mass is 16.3. The van der Waals surface area contributed by atoms with E-state index in [9.17, 15) is 9.59 Å². The number of nitrogens with one attached hydrogen (secondary N) is 2. The third-order valence-corrected chi connectivity index (χ3v) is 4.37. The molecule has 5 N–H and O–H groups in total. The molecule has 1 aliphatic carbocycles. The monoisotopic (exact) mass is 353 g/mol. The maximum Gasteiger partial charge on any atom is 0.196 e. The molecule has 136 valence electrons. The number of hydrogen-bond donors (Lipinski definition) is 4. The fraction of sp³-hybridized carbons (Fsp3) is 0.300. The molecule has 0 atom stereocenters. The van der Waals surface area contributed by atoms with Gasteiger partial charge in [-0.3, -0.25) is 9.59 Å². The molecule has 2 aromatic rings. The molecule has 0 fully saturated rings. The van der Waals surface area contributed by atoms with Gasteiger partial charge in [-0.15, -0.1) is 0 Å². The Morgan fingerprint density at radius 3 is 2.19 bits per heavy atom. The van der Waals surface area contributed by atoms with Crippen molar-refractivity contribution in [3.05, 3.63) is 52.6 Å². The normalized spacial score (nSPS) is 12.8. The molecule has 2 aromatic carbocycles. The molecule has 0 heterocycles. The van der Waals surface area contributed by atoms with Gasteiger partial charge in [0.1, 0.15) is 0 Å². The first-order chi connectivity index (χ1) is 12.5. The Bertz CT molecular complexity index is 875. The lowest BCUT2D eigenvalue weighted by Gasteiger charge is -2.24. The summed E-state index contributed by atoms with van der Waals surface area (Å²) in [6.07, 6.45) is 0. The van der Waals surface area contributed by atoms with E-state index in [0.29, 0.717) is 35.0 Å². The van der Waals surface area contributed by atoms with Gasteiger partial charge in [-0.05, 0) is 12.0 Å². The molecule has 0 saturated heterocycles. The lowest BCUT2D eigenvalue weighted by Crippen LogP contribution is -2.25. The molecule has 6 nitrogen and oxygen atoms in total. The first-order valence-electron chi connectivity index (χ1n) is 8.69. The highest BCUT2D eigenvalue weighted by Gasteiger charge is 2.34. The number of benzene rings is 2. The van der Waals surface area contributed by atoms with Crippen LogP contribution in [0, 0.1) is 5.92 Å². The van der Waals surface area contributed by atoms with Crippen molar-refractivity contribution in [2.24, 2.45) is 5.92 Å². The van der Waals surface area contributed by atoms with Crippen LogP contribution in [-0.4, -0.2) is 36.4 Å². The van der Waals surface area contributed by atoms with Crippen LogP contribution in [0.4, 0.5) is 17.1 Å². The molecule has 0 aromatic heterocycles. The second-order valence-electron chi connectivity index (χ2n) is 6.76. The molecule has 3 rings (SSSR count). The van der Waals surface area contributed by atoms with Crippen molar-refractivity contribution in [3.63, 3.8) is 0 Å². The minimum atomic E-state index is -0.257. The van der Waals surface area contributed by atoms with Crippen molar-refractivity contribution in [2.75, 3.05) is 36.1 Å². The summed E-state index contributed by atoms with van der Waals surface area (Å²) >= 11 is 0. The summed E-state index contributed by atoms with van der Waals surface area (Å²) in [5.74, 6) is -0.108. The van der Waals surface area contributed by atoms with Crippen molar-refractivity contribution >= 4 is 28.6 Å². The van der Waals surface area contributed by atoms with E-state index in [-0.39, 0.29) is 41.5 Å². The molecular formula is C20H23N3O3. The van der Waals surface area contributed by atoms with Gasteiger partial charge in [0.15, 0.2) is 11.6 Å². The van der Waals surface area contributed by atoms with E-state index in [1.54, 1.807) is 30.3 Å². The van der Waals surface area contributed by atoms with Gasteiger partial charge in [0.25, 0.3) is 0 Å². The molecule has 0 bridgehead atoms. The zero-order chi connectivity index (χ0) is 18.8. The van der Waals surface area contributed by atoms with Crippen molar-refractivity contribution in [3.8, 4) is 0 Å². The quantitative estimate of drug-likeness (QED) is 0.508. The molecule has 6 heteroatoms. The standard InChI is InChI=1S/C20H23N3O3/c1-11(2)10-23-15-9-14(22-7-8-24)16-17(18(15)21)20(26)13-6-4-3-5-12(13)19(16)25/h3-6,9,11,22-24H,7-8,10,21H2,1-2H3. The summed E-state index contributed by atoms with van der Waals surface area (Å²) in [6, 6.07) is 8.50. The number of aliphatic hydroxyl groups is 1. The average Bonchev–Trinajstić information content (AvgIpc) is 2.63. The Hall–Kier alpha value is -2.86. The highest BCUT2D eigenvalue weighted by Crippen LogP contribution is 2.39. The molecule has 0 spiro atoms. The first-order valence-corrected chi connectivity index (χ1v) is 8.69. The zero-order valence-electron chi connectivity index (χ0n) is 14.9. The van der Waals surface area contributed by atoms with Crippen LogP contribution in [0.1, 0.15) is 45.7 Å². The van der Waals surface area contributed by atoms with Gasteiger partial charge in [0.05, 0.1) is 29.1 Å². The summed E-state index contributed by atoms with van der Waals surface area (Å²) in [5, 5.41) is 15.4. The van der Waals surface area contributed by atoms with Gasteiger partial charge in [0.2, 0.25) is 0 Å². The van der Waals surface area contributed by atoms with E-state index in [0.717, 1.165) is 0 Å². The second kappa shape index (κ2) is 7.17. The smallest absolute Gasteiger partial charge is 0.196 e. The predicted octanol–water partition coefficient (Wildman–Crippen LogP) is 2.52. The number of anilines is 3. The van der Waals surface area contributed by atoms with Crippen LogP contribution in [0.25, 0.3) is 0 Å². The van der Waals surface area contributed by atoms with Crippen LogP contribution in [0.15, 0.2) is 30.3 Å². The molecule has 0 unspecified atom stereocenters. The Morgan fingerprint density at radius 1 is 1.00 bits per heavy atom. The average molecular weight is 353 g/mol. The maximum absolute atomic E-state index is 13.1. The number of rotatable bonds is 6. The van der Waals surface area contributed by atoms with E-state index < -0.39 is 0 Å². The van der Waals surface area contributed by atoms with Crippen LogP contribution in [0.3, 0.4) is 0 Å². The van der Waals surface area contributed by atoms with Gasteiger partial charge in [-0.25, -0.2) is 0 Å². The molecule has 26 heavy (non-hydrogen) atoms. The van der Waals surface area contributed by atoms with Gasteiger partial charge >= 0.3 is 0 Å². The number of hydrogen-bond acceptors (Lipinski definition) is 6. The van der Waals surface area contributed by atoms with Gasteiger partial charge in [-0.1, -0.05) is 38.1 Å². The largest absolute Gasteiger partial charge is 0.396 e. The molecule has 0 aliphatic heterocycles. The van der Waals surface area contributed by atoms with Crippen molar-refractivity contribution in [2.45, 2.75) is 13.8 Å². The first kappa shape index (κ1) is 17.9. The second-order valence-corrected chi connectivity index (χ2v) is 6.76. The summed E-state index contributed by atoms with van der Waals surface area (Å²) < 4.78 is 0. The lowest BCUT2D eigenvalue weighted by molar-refractivity contribution is 0.0980.